The Balaban J connectivity index is 2.53. The summed E-state index contributed by atoms with van der Waals surface area (Å²) in [4.78, 5) is 12.4. The number of nitrogens with zero attached hydrogens (tertiary/aromatic N) is 4. The average Bonchev–Trinajstić information content (AvgIpc) is 2.68. The van der Waals surface area contributed by atoms with Gasteiger partial charge in [-0.2, -0.15) is 5.26 Å². The van der Waals surface area contributed by atoms with Crippen LogP contribution in [0.3, 0.4) is 0 Å². The minimum Gasteiger partial charge on any atom is -0.365 e. The molecule has 2 aromatic carbocycles. The van der Waals surface area contributed by atoms with Gasteiger partial charge in [-0.1, -0.05) is 18.2 Å². The molecule has 2 aromatic rings. The number of hydrogen-bond donors (Lipinski definition) is 0. The van der Waals surface area contributed by atoms with Crippen molar-refractivity contribution in [3.63, 3.8) is 0 Å². The maximum Gasteiger partial charge on any atom is 0.293 e. The molecule has 0 N–H and O–H groups in total. The molecule has 0 saturated heterocycles. The third-order valence-electron chi connectivity index (χ3n) is 4.49. The van der Waals surface area contributed by atoms with Gasteiger partial charge in [0.1, 0.15) is 5.69 Å². The molecule has 148 valence electrons. The van der Waals surface area contributed by atoms with E-state index in [0.29, 0.717) is 5.69 Å². The molecule has 0 aromatic heterocycles. The van der Waals surface area contributed by atoms with Crippen LogP contribution < -0.4 is 9.21 Å². The number of rotatable bonds is 8. The Bertz CT molecular complexity index is 987. The zero-order chi connectivity index (χ0) is 20.9. The third-order valence-corrected chi connectivity index (χ3v) is 6.39. The van der Waals surface area contributed by atoms with Crippen LogP contribution in [0.4, 0.5) is 17.1 Å². The molecule has 0 amide bonds. The van der Waals surface area contributed by atoms with Crippen LogP contribution in [0.5, 0.6) is 0 Å². The minimum atomic E-state index is -3.98. The molecule has 0 unspecified atom stereocenters. The molecule has 28 heavy (non-hydrogen) atoms. The highest BCUT2D eigenvalue weighted by Gasteiger charge is 2.28. The van der Waals surface area contributed by atoms with Crippen LogP contribution in [0.1, 0.15) is 20.3 Å². The normalized spacial score (nSPS) is 12.1. The van der Waals surface area contributed by atoms with Crippen molar-refractivity contribution >= 4 is 27.1 Å². The Morgan fingerprint density at radius 3 is 2.39 bits per heavy atom. The topological polar surface area (TPSA) is 108 Å². The number of nitriles is 1. The Hall–Kier alpha value is -3.12. The van der Waals surface area contributed by atoms with Crippen LogP contribution in [-0.4, -0.2) is 33.0 Å². The largest absolute Gasteiger partial charge is 0.365 e. The van der Waals surface area contributed by atoms with Gasteiger partial charge >= 0.3 is 0 Å². The van der Waals surface area contributed by atoms with Crippen molar-refractivity contribution in [1.29, 1.82) is 5.26 Å². The highest BCUT2D eigenvalue weighted by molar-refractivity contribution is 7.92. The van der Waals surface area contributed by atoms with Crippen LogP contribution in [0.15, 0.2) is 53.4 Å². The van der Waals surface area contributed by atoms with E-state index < -0.39 is 14.9 Å². The highest BCUT2D eigenvalue weighted by Crippen LogP contribution is 2.33. The second kappa shape index (κ2) is 8.71. The lowest BCUT2D eigenvalue weighted by molar-refractivity contribution is -0.384. The number of para-hydroxylation sites is 1. The number of anilines is 2. The monoisotopic (exact) mass is 402 g/mol. The van der Waals surface area contributed by atoms with Gasteiger partial charge in [-0.3, -0.25) is 14.4 Å². The fourth-order valence-electron chi connectivity index (χ4n) is 2.83. The first-order chi connectivity index (χ1) is 13.2. The van der Waals surface area contributed by atoms with Gasteiger partial charge < -0.3 is 4.90 Å². The fourth-order valence-corrected chi connectivity index (χ4v) is 4.32. The van der Waals surface area contributed by atoms with Gasteiger partial charge in [0.25, 0.3) is 15.7 Å². The van der Waals surface area contributed by atoms with Gasteiger partial charge in [-0.25, -0.2) is 8.42 Å². The average molecular weight is 402 g/mol. The first-order valence-corrected chi connectivity index (χ1v) is 10.1. The van der Waals surface area contributed by atoms with Crippen molar-refractivity contribution in [2.75, 3.05) is 22.8 Å². The quantitative estimate of drug-likeness (QED) is 0.494. The molecule has 0 bridgehead atoms. The number of benzene rings is 2. The summed E-state index contributed by atoms with van der Waals surface area (Å²) in [5.41, 5.74) is 0.420. The summed E-state index contributed by atoms with van der Waals surface area (Å²) < 4.78 is 27.4. The van der Waals surface area contributed by atoms with Gasteiger partial charge in [0.05, 0.1) is 28.0 Å². The van der Waals surface area contributed by atoms with Gasteiger partial charge in [0, 0.05) is 25.7 Å². The first kappa shape index (κ1) is 21.2. The van der Waals surface area contributed by atoms with Crippen LogP contribution in [0.2, 0.25) is 0 Å². The Morgan fingerprint density at radius 1 is 1.21 bits per heavy atom. The van der Waals surface area contributed by atoms with Crippen molar-refractivity contribution in [2.45, 2.75) is 31.2 Å². The standard InChI is InChI=1S/C19H22N4O4S/c1-4-22(16-8-6-5-7-9-16)28(26,27)17-10-11-18(19(14-17)23(24)25)21(3)15(2)12-13-20/h5-11,14-15H,4,12H2,1-3H3/t15-/m0/s1. The number of nitro groups is 1. The first-order valence-electron chi connectivity index (χ1n) is 8.70. The third kappa shape index (κ3) is 4.23. The molecule has 0 radical (unpaired) electrons. The van der Waals surface area contributed by atoms with Crippen molar-refractivity contribution in [3.05, 3.63) is 58.6 Å². The molecule has 0 aliphatic rings. The molecule has 0 saturated carbocycles. The van der Waals surface area contributed by atoms with Gasteiger partial charge in [0.2, 0.25) is 0 Å². The van der Waals surface area contributed by atoms with E-state index in [1.165, 1.54) is 16.4 Å². The summed E-state index contributed by atoms with van der Waals surface area (Å²) in [6.07, 6.45) is 0.186. The van der Waals surface area contributed by atoms with E-state index in [9.17, 15) is 18.5 Å². The SMILES string of the molecule is CCN(c1ccccc1)S(=O)(=O)c1ccc(N(C)[C@@H](C)CC#N)c([N+](=O)[O-])c1. The molecule has 0 spiro atoms. The number of nitro benzene ring substituents is 1. The number of sulfonamides is 1. The van der Waals surface area contributed by atoms with Crippen molar-refractivity contribution < 1.29 is 13.3 Å². The van der Waals surface area contributed by atoms with E-state index in [4.69, 9.17) is 5.26 Å². The molecular weight excluding hydrogens is 380 g/mol. The molecule has 0 heterocycles. The maximum absolute atomic E-state index is 13.1. The highest BCUT2D eigenvalue weighted by atomic mass is 32.2. The lowest BCUT2D eigenvalue weighted by Crippen LogP contribution is -2.31. The molecule has 2 rings (SSSR count). The van der Waals surface area contributed by atoms with E-state index in [1.807, 2.05) is 6.07 Å². The molecule has 1 atom stereocenters. The Labute approximate surface area is 164 Å². The second-order valence-corrected chi connectivity index (χ2v) is 8.10. The summed E-state index contributed by atoms with van der Waals surface area (Å²) in [6, 6.07) is 14.2. The maximum atomic E-state index is 13.1. The lowest BCUT2D eigenvalue weighted by Gasteiger charge is -2.26. The Morgan fingerprint density at radius 2 is 1.86 bits per heavy atom. The molecular formula is C19H22N4O4S. The van der Waals surface area contributed by atoms with E-state index in [0.717, 1.165) is 6.07 Å². The number of hydrogen-bond acceptors (Lipinski definition) is 6. The van der Waals surface area contributed by atoms with Crippen molar-refractivity contribution in [3.8, 4) is 6.07 Å². The van der Waals surface area contributed by atoms with Gasteiger partial charge in [0.15, 0.2) is 0 Å². The lowest BCUT2D eigenvalue weighted by atomic mass is 10.2. The van der Waals surface area contributed by atoms with Crippen LogP contribution in [0.25, 0.3) is 0 Å². The van der Waals surface area contributed by atoms with Crippen LogP contribution in [0, 0.1) is 21.4 Å². The summed E-state index contributed by atoms with van der Waals surface area (Å²) >= 11 is 0. The Kier molecular flexibility index (Phi) is 6.59. The van der Waals surface area contributed by atoms with E-state index >= 15 is 0 Å². The second-order valence-electron chi connectivity index (χ2n) is 6.24. The smallest absolute Gasteiger partial charge is 0.293 e. The van der Waals surface area contributed by atoms with Gasteiger partial charge in [-0.15, -0.1) is 0 Å². The molecule has 9 heteroatoms. The molecule has 0 aliphatic carbocycles. The van der Waals surface area contributed by atoms with E-state index in [1.54, 1.807) is 56.1 Å². The molecule has 8 nitrogen and oxygen atoms in total. The van der Waals surface area contributed by atoms with E-state index in [-0.39, 0.29) is 35.3 Å². The van der Waals surface area contributed by atoms with E-state index in [2.05, 4.69) is 0 Å². The summed E-state index contributed by atoms with van der Waals surface area (Å²) in [5, 5.41) is 20.5. The van der Waals surface area contributed by atoms with Crippen molar-refractivity contribution in [1.82, 2.24) is 0 Å². The van der Waals surface area contributed by atoms with Gasteiger partial charge in [-0.05, 0) is 38.1 Å². The molecule has 0 fully saturated rings. The zero-order valence-corrected chi connectivity index (χ0v) is 16.8. The van der Waals surface area contributed by atoms with Crippen LogP contribution in [-0.2, 0) is 10.0 Å². The van der Waals surface area contributed by atoms with Crippen LogP contribution >= 0.6 is 0 Å². The predicted molar refractivity (Wildman–Crippen MR) is 108 cm³/mol. The molecule has 0 aliphatic heterocycles. The zero-order valence-electron chi connectivity index (χ0n) is 15.9. The summed E-state index contributed by atoms with van der Waals surface area (Å²) in [5.74, 6) is 0. The fraction of sp³-hybridized carbons (Fsp3) is 0.316. The van der Waals surface area contributed by atoms with Crippen molar-refractivity contribution in [2.24, 2.45) is 0 Å². The predicted octanol–water partition coefficient (Wildman–Crippen LogP) is 3.55. The minimum absolute atomic E-state index is 0.157. The summed E-state index contributed by atoms with van der Waals surface area (Å²) in [6.45, 7) is 3.65. The summed E-state index contributed by atoms with van der Waals surface area (Å²) in [7, 11) is -2.34.